The first-order valence-electron chi connectivity index (χ1n) is 11.6. The molecule has 35 heavy (non-hydrogen) atoms. The molecule has 0 bridgehead atoms. The zero-order chi connectivity index (χ0) is 24.9. The van der Waals surface area contributed by atoms with E-state index < -0.39 is 11.7 Å². The number of benzene rings is 2. The number of hydrogen-bond donors (Lipinski definition) is 0. The fraction of sp³-hybridized carbons (Fsp3) is 0.333. The van der Waals surface area contributed by atoms with Gasteiger partial charge < -0.3 is 19.3 Å². The normalized spacial score (nSPS) is 15.0. The van der Waals surface area contributed by atoms with Crippen molar-refractivity contribution in [3.63, 3.8) is 0 Å². The Morgan fingerprint density at radius 1 is 1.14 bits per heavy atom. The quantitative estimate of drug-likeness (QED) is 0.443. The molecule has 0 unspecified atom stereocenters. The van der Waals surface area contributed by atoms with E-state index in [9.17, 15) is 14.0 Å². The summed E-state index contributed by atoms with van der Waals surface area (Å²) < 4.78 is 25.7. The van der Waals surface area contributed by atoms with Crippen LogP contribution in [0, 0.1) is 5.82 Å². The van der Waals surface area contributed by atoms with Gasteiger partial charge in [0.2, 0.25) is 5.91 Å². The van der Waals surface area contributed by atoms with Crippen LogP contribution in [0.1, 0.15) is 40.7 Å². The summed E-state index contributed by atoms with van der Waals surface area (Å²) in [7, 11) is 1.60. The van der Waals surface area contributed by atoms with Gasteiger partial charge >= 0.3 is 0 Å². The van der Waals surface area contributed by atoms with Crippen LogP contribution in [-0.2, 0) is 11.2 Å². The summed E-state index contributed by atoms with van der Waals surface area (Å²) in [6, 6.07) is 14.7. The maximum Gasteiger partial charge on any atom is 0.257 e. The lowest BCUT2D eigenvalue weighted by atomic mass is 10.00. The highest BCUT2D eigenvalue weighted by molar-refractivity contribution is 7.10. The summed E-state index contributed by atoms with van der Waals surface area (Å²) in [5.41, 5.74) is 1.03. The maximum absolute atomic E-state index is 14.3. The zero-order valence-corrected chi connectivity index (χ0v) is 20.9. The van der Waals surface area contributed by atoms with E-state index in [1.165, 1.54) is 28.0 Å². The Morgan fingerprint density at radius 2 is 1.91 bits per heavy atom. The SMILES string of the molecule is COc1cccc(OC[C@H]2c3ccsc3CCN2C(=O)CN(C(=O)c2ccccc2F)C(C)C)c1. The van der Waals surface area contributed by atoms with E-state index in [0.29, 0.717) is 18.0 Å². The molecule has 0 saturated heterocycles. The fourth-order valence-corrected chi connectivity index (χ4v) is 5.18. The van der Waals surface area contributed by atoms with Crippen LogP contribution >= 0.6 is 11.3 Å². The fourth-order valence-electron chi connectivity index (χ4n) is 4.26. The Kier molecular flexibility index (Phi) is 7.70. The van der Waals surface area contributed by atoms with Gasteiger partial charge in [-0.3, -0.25) is 9.59 Å². The minimum absolute atomic E-state index is 0.0364. The molecule has 0 spiro atoms. The van der Waals surface area contributed by atoms with Gasteiger partial charge in [0, 0.05) is 23.5 Å². The minimum Gasteiger partial charge on any atom is -0.497 e. The third-order valence-corrected chi connectivity index (χ3v) is 7.15. The van der Waals surface area contributed by atoms with Crippen LogP contribution in [0.4, 0.5) is 4.39 Å². The number of methoxy groups -OCH3 is 1. The number of amides is 2. The standard InChI is InChI=1S/C27H29FN2O4S/c1-18(2)30(27(32)21-9-4-5-10-23(21)28)16-26(31)29-13-11-25-22(12-14-35-25)24(29)17-34-20-8-6-7-19(15-20)33-3/h4-10,12,14-15,18,24H,11,13,16-17H2,1-3H3/t24-/m0/s1. The van der Waals surface area contributed by atoms with E-state index in [1.807, 2.05) is 43.5 Å². The highest BCUT2D eigenvalue weighted by Crippen LogP contribution is 2.34. The number of fused-ring (bicyclic) bond motifs is 1. The van der Waals surface area contributed by atoms with Crippen molar-refractivity contribution in [2.75, 3.05) is 26.8 Å². The summed E-state index contributed by atoms with van der Waals surface area (Å²) in [4.78, 5) is 31.1. The molecule has 0 aliphatic carbocycles. The van der Waals surface area contributed by atoms with Crippen molar-refractivity contribution < 1.29 is 23.5 Å². The third-order valence-electron chi connectivity index (χ3n) is 6.16. The minimum atomic E-state index is -0.596. The van der Waals surface area contributed by atoms with E-state index in [2.05, 4.69) is 0 Å². The second kappa shape index (κ2) is 10.9. The molecular formula is C27H29FN2O4S. The third kappa shape index (κ3) is 5.48. The predicted molar refractivity (Wildman–Crippen MR) is 134 cm³/mol. The largest absolute Gasteiger partial charge is 0.497 e. The number of halogens is 1. The first kappa shape index (κ1) is 24.7. The number of carbonyl (C=O) groups excluding carboxylic acids is 2. The molecule has 4 rings (SSSR count). The summed E-state index contributed by atoms with van der Waals surface area (Å²) in [5.74, 6) is 0.0524. The molecule has 1 aromatic heterocycles. The van der Waals surface area contributed by atoms with Crippen LogP contribution in [0.2, 0.25) is 0 Å². The molecule has 184 valence electrons. The van der Waals surface area contributed by atoms with Crippen LogP contribution in [0.3, 0.4) is 0 Å². The van der Waals surface area contributed by atoms with E-state index in [-0.39, 0.29) is 36.7 Å². The first-order valence-corrected chi connectivity index (χ1v) is 12.4. The van der Waals surface area contributed by atoms with Gasteiger partial charge in [-0.1, -0.05) is 18.2 Å². The molecule has 2 heterocycles. The second-order valence-corrected chi connectivity index (χ2v) is 9.65. The molecule has 1 aliphatic heterocycles. The first-order chi connectivity index (χ1) is 16.9. The van der Waals surface area contributed by atoms with E-state index in [4.69, 9.17) is 9.47 Å². The molecule has 2 aromatic carbocycles. The average molecular weight is 497 g/mol. The van der Waals surface area contributed by atoms with Gasteiger partial charge in [-0.2, -0.15) is 0 Å². The number of ether oxygens (including phenoxy) is 2. The van der Waals surface area contributed by atoms with Crippen LogP contribution in [-0.4, -0.2) is 54.5 Å². The molecule has 1 aliphatic rings. The maximum atomic E-state index is 14.3. The van der Waals surface area contributed by atoms with Crippen molar-refractivity contribution in [3.05, 3.63) is 81.8 Å². The lowest BCUT2D eigenvalue weighted by Gasteiger charge is -2.37. The highest BCUT2D eigenvalue weighted by Gasteiger charge is 2.34. The molecule has 0 saturated carbocycles. The van der Waals surface area contributed by atoms with Gasteiger partial charge in [0.25, 0.3) is 5.91 Å². The summed E-state index contributed by atoms with van der Waals surface area (Å²) in [6.45, 7) is 4.30. The number of carbonyl (C=O) groups is 2. The molecule has 3 aromatic rings. The number of nitrogens with zero attached hydrogens (tertiary/aromatic N) is 2. The monoisotopic (exact) mass is 496 g/mol. The van der Waals surface area contributed by atoms with Crippen molar-refractivity contribution in [1.29, 1.82) is 0 Å². The number of thiophene rings is 1. The van der Waals surface area contributed by atoms with Crippen molar-refractivity contribution in [2.45, 2.75) is 32.4 Å². The number of hydrogen-bond acceptors (Lipinski definition) is 5. The van der Waals surface area contributed by atoms with Crippen molar-refractivity contribution in [3.8, 4) is 11.5 Å². The molecule has 8 heteroatoms. The van der Waals surface area contributed by atoms with Gasteiger partial charge in [0.15, 0.2) is 0 Å². The van der Waals surface area contributed by atoms with Crippen molar-refractivity contribution >= 4 is 23.2 Å². The summed E-state index contributed by atoms with van der Waals surface area (Å²) >= 11 is 1.67. The Bertz CT molecular complexity index is 1200. The van der Waals surface area contributed by atoms with Crippen LogP contribution < -0.4 is 9.47 Å². The van der Waals surface area contributed by atoms with Gasteiger partial charge in [-0.25, -0.2) is 4.39 Å². The number of rotatable bonds is 8. The lowest BCUT2D eigenvalue weighted by Crippen LogP contribution is -2.49. The Balaban J connectivity index is 1.54. The van der Waals surface area contributed by atoms with Gasteiger partial charge in [-0.15, -0.1) is 11.3 Å². The van der Waals surface area contributed by atoms with Gasteiger partial charge in [0.1, 0.15) is 30.5 Å². The van der Waals surface area contributed by atoms with E-state index >= 15 is 0 Å². The van der Waals surface area contributed by atoms with E-state index in [0.717, 1.165) is 12.0 Å². The predicted octanol–water partition coefficient (Wildman–Crippen LogP) is 4.95. The van der Waals surface area contributed by atoms with Crippen molar-refractivity contribution in [2.24, 2.45) is 0 Å². The summed E-state index contributed by atoms with van der Waals surface area (Å²) in [5, 5.41) is 2.03. The molecule has 2 amide bonds. The molecular weight excluding hydrogens is 467 g/mol. The van der Waals surface area contributed by atoms with Crippen molar-refractivity contribution in [1.82, 2.24) is 9.80 Å². The van der Waals surface area contributed by atoms with Gasteiger partial charge in [0.05, 0.1) is 18.7 Å². The van der Waals surface area contributed by atoms with Crippen LogP contribution in [0.25, 0.3) is 0 Å². The highest BCUT2D eigenvalue weighted by atomic mass is 32.1. The van der Waals surface area contributed by atoms with E-state index in [1.54, 1.807) is 35.5 Å². The Hall–Kier alpha value is -3.39. The molecule has 1 atom stereocenters. The molecule has 0 N–H and O–H groups in total. The topological polar surface area (TPSA) is 59.1 Å². The van der Waals surface area contributed by atoms with Crippen LogP contribution in [0.15, 0.2) is 60.0 Å². The smallest absolute Gasteiger partial charge is 0.257 e. The van der Waals surface area contributed by atoms with Crippen LogP contribution in [0.5, 0.6) is 11.5 Å². The van der Waals surface area contributed by atoms with Gasteiger partial charge in [-0.05, 0) is 61.5 Å². The summed E-state index contributed by atoms with van der Waals surface area (Å²) in [6.07, 6.45) is 0.747. The molecule has 0 fully saturated rings. The zero-order valence-electron chi connectivity index (χ0n) is 20.1. The second-order valence-electron chi connectivity index (χ2n) is 8.65. The lowest BCUT2D eigenvalue weighted by molar-refractivity contribution is -0.136. The molecule has 0 radical (unpaired) electrons. The Labute approximate surface area is 208 Å². The Morgan fingerprint density at radius 3 is 2.66 bits per heavy atom. The molecule has 6 nitrogen and oxygen atoms in total. The average Bonchev–Trinajstić information content (AvgIpc) is 3.34.